The SMILES string of the molecule is COc1cc(OC)cc(C(=O)Nc2cc3c(cc2Cl)OCCCO3)c1. The summed E-state index contributed by atoms with van der Waals surface area (Å²) < 4.78 is 21.6. The molecule has 1 amide bonds. The van der Waals surface area contributed by atoms with Crippen molar-refractivity contribution in [1.82, 2.24) is 0 Å². The van der Waals surface area contributed by atoms with Crippen molar-refractivity contribution in [1.29, 1.82) is 0 Å². The minimum absolute atomic E-state index is 0.339. The summed E-state index contributed by atoms with van der Waals surface area (Å²) in [6.07, 6.45) is 0.789. The minimum Gasteiger partial charge on any atom is -0.497 e. The third kappa shape index (κ3) is 3.91. The van der Waals surface area contributed by atoms with Crippen molar-refractivity contribution in [2.24, 2.45) is 0 Å². The molecule has 1 aliphatic rings. The summed E-state index contributed by atoms with van der Waals surface area (Å²) in [5, 5.41) is 3.15. The van der Waals surface area contributed by atoms with Crippen LogP contribution in [0.4, 0.5) is 5.69 Å². The van der Waals surface area contributed by atoms with Crippen molar-refractivity contribution in [3.05, 3.63) is 40.9 Å². The van der Waals surface area contributed by atoms with Gasteiger partial charge in [-0.2, -0.15) is 0 Å². The van der Waals surface area contributed by atoms with Crippen LogP contribution in [-0.2, 0) is 0 Å². The quantitative estimate of drug-likeness (QED) is 0.895. The maximum Gasteiger partial charge on any atom is 0.255 e. The van der Waals surface area contributed by atoms with Crippen LogP contribution in [0.3, 0.4) is 0 Å². The Hall–Kier alpha value is -2.60. The van der Waals surface area contributed by atoms with Gasteiger partial charge in [0.1, 0.15) is 11.5 Å². The van der Waals surface area contributed by atoms with Gasteiger partial charge in [0.25, 0.3) is 5.91 Å². The lowest BCUT2D eigenvalue weighted by Crippen LogP contribution is -2.13. The molecule has 0 atom stereocenters. The Morgan fingerprint density at radius 1 is 1.00 bits per heavy atom. The predicted octanol–water partition coefficient (Wildman–Crippen LogP) is 3.77. The molecule has 1 heterocycles. The van der Waals surface area contributed by atoms with Crippen molar-refractivity contribution in [3.8, 4) is 23.0 Å². The van der Waals surface area contributed by atoms with Gasteiger partial charge in [0, 0.05) is 30.2 Å². The number of anilines is 1. The van der Waals surface area contributed by atoms with Crippen molar-refractivity contribution >= 4 is 23.2 Å². The van der Waals surface area contributed by atoms with Gasteiger partial charge in [0.05, 0.1) is 38.1 Å². The van der Waals surface area contributed by atoms with Crippen molar-refractivity contribution in [3.63, 3.8) is 0 Å². The molecule has 0 spiro atoms. The maximum atomic E-state index is 12.6. The highest BCUT2D eigenvalue weighted by molar-refractivity contribution is 6.34. The zero-order chi connectivity index (χ0) is 17.8. The van der Waals surface area contributed by atoms with Gasteiger partial charge < -0.3 is 24.3 Å². The van der Waals surface area contributed by atoms with Crippen molar-refractivity contribution in [2.45, 2.75) is 6.42 Å². The monoisotopic (exact) mass is 363 g/mol. The fraction of sp³-hybridized carbons (Fsp3) is 0.278. The van der Waals surface area contributed by atoms with E-state index in [1.165, 1.54) is 14.2 Å². The normalized spacial score (nSPS) is 12.9. The van der Waals surface area contributed by atoms with E-state index < -0.39 is 0 Å². The van der Waals surface area contributed by atoms with E-state index in [1.54, 1.807) is 30.3 Å². The molecule has 1 N–H and O–H groups in total. The van der Waals surface area contributed by atoms with Crippen molar-refractivity contribution < 1.29 is 23.7 Å². The Bertz CT molecular complexity index is 771. The fourth-order valence-electron chi connectivity index (χ4n) is 2.41. The van der Waals surface area contributed by atoms with E-state index in [1.807, 2.05) is 0 Å². The van der Waals surface area contributed by atoms with Crippen LogP contribution in [0.5, 0.6) is 23.0 Å². The molecule has 0 radical (unpaired) electrons. The lowest BCUT2D eigenvalue weighted by Gasteiger charge is -2.13. The molecule has 2 aromatic carbocycles. The molecule has 0 bridgehead atoms. The van der Waals surface area contributed by atoms with Crippen LogP contribution in [0.2, 0.25) is 5.02 Å². The summed E-state index contributed by atoms with van der Waals surface area (Å²) in [5.74, 6) is 1.83. The average Bonchev–Trinajstić information content (AvgIpc) is 2.86. The van der Waals surface area contributed by atoms with E-state index in [4.69, 9.17) is 30.5 Å². The first-order chi connectivity index (χ1) is 12.1. The molecule has 0 unspecified atom stereocenters. The molecule has 7 heteroatoms. The third-order valence-corrected chi connectivity index (χ3v) is 4.01. The van der Waals surface area contributed by atoms with E-state index in [0.29, 0.717) is 52.5 Å². The number of nitrogens with one attached hydrogen (secondary N) is 1. The number of benzene rings is 2. The number of halogens is 1. The largest absolute Gasteiger partial charge is 0.497 e. The topological polar surface area (TPSA) is 66.0 Å². The number of carbonyl (C=O) groups excluding carboxylic acids is 1. The molecule has 2 aromatic rings. The highest BCUT2D eigenvalue weighted by Crippen LogP contribution is 2.38. The number of fused-ring (bicyclic) bond motifs is 1. The first kappa shape index (κ1) is 17.2. The summed E-state index contributed by atoms with van der Waals surface area (Å²) in [5.41, 5.74) is 0.831. The summed E-state index contributed by atoms with van der Waals surface area (Å²) in [4.78, 5) is 12.6. The fourth-order valence-corrected chi connectivity index (χ4v) is 2.61. The van der Waals surface area contributed by atoms with E-state index in [2.05, 4.69) is 5.32 Å². The number of ether oxygens (including phenoxy) is 4. The lowest BCUT2D eigenvalue weighted by molar-refractivity contribution is 0.102. The maximum absolute atomic E-state index is 12.6. The Balaban J connectivity index is 1.87. The van der Waals surface area contributed by atoms with Crippen LogP contribution >= 0.6 is 11.6 Å². The van der Waals surface area contributed by atoms with Crippen LogP contribution in [0.25, 0.3) is 0 Å². The summed E-state index contributed by atoms with van der Waals surface area (Å²) >= 11 is 6.26. The third-order valence-electron chi connectivity index (χ3n) is 3.70. The molecule has 0 aromatic heterocycles. The first-order valence-electron chi connectivity index (χ1n) is 7.74. The predicted molar refractivity (Wildman–Crippen MR) is 94.6 cm³/mol. The van der Waals surface area contributed by atoms with Crippen LogP contribution in [-0.4, -0.2) is 33.3 Å². The van der Waals surface area contributed by atoms with Gasteiger partial charge in [0.2, 0.25) is 0 Å². The highest BCUT2D eigenvalue weighted by Gasteiger charge is 2.17. The first-order valence-corrected chi connectivity index (χ1v) is 8.12. The molecule has 0 saturated heterocycles. The van der Waals surface area contributed by atoms with Gasteiger partial charge in [-0.25, -0.2) is 0 Å². The number of carbonyl (C=O) groups is 1. The second-order valence-corrected chi connectivity index (χ2v) is 5.79. The molecular weight excluding hydrogens is 346 g/mol. The smallest absolute Gasteiger partial charge is 0.255 e. The number of rotatable bonds is 4. The van der Waals surface area contributed by atoms with Crippen LogP contribution in [0.15, 0.2) is 30.3 Å². The Morgan fingerprint density at radius 3 is 2.20 bits per heavy atom. The minimum atomic E-state index is -0.339. The highest BCUT2D eigenvalue weighted by atomic mass is 35.5. The van der Waals surface area contributed by atoms with Gasteiger partial charge in [0.15, 0.2) is 11.5 Å². The van der Waals surface area contributed by atoms with Gasteiger partial charge in [-0.15, -0.1) is 0 Å². The van der Waals surface area contributed by atoms with E-state index in [0.717, 1.165) is 6.42 Å². The zero-order valence-electron chi connectivity index (χ0n) is 13.9. The van der Waals surface area contributed by atoms with Gasteiger partial charge in [-0.3, -0.25) is 4.79 Å². The molecule has 0 fully saturated rings. The molecule has 1 aliphatic heterocycles. The van der Waals surface area contributed by atoms with Gasteiger partial charge in [-0.05, 0) is 12.1 Å². The van der Waals surface area contributed by atoms with E-state index in [9.17, 15) is 4.79 Å². The summed E-state index contributed by atoms with van der Waals surface area (Å²) in [6, 6.07) is 8.24. The summed E-state index contributed by atoms with van der Waals surface area (Å²) in [6.45, 7) is 1.12. The number of hydrogen-bond donors (Lipinski definition) is 1. The average molecular weight is 364 g/mol. The number of methoxy groups -OCH3 is 2. The van der Waals surface area contributed by atoms with Crippen LogP contribution in [0.1, 0.15) is 16.8 Å². The Morgan fingerprint density at radius 2 is 1.60 bits per heavy atom. The van der Waals surface area contributed by atoms with Gasteiger partial charge >= 0.3 is 0 Å². The molecule has 0 saturated carbocycles. The van der Waals surface area contributed by atoms with Crippen LogP contribution in [0, 0.1) is 0 Å². The number of hydrogen-bond acceptors (Lipinski definition) is 5. The number of amides is 1. The van der Waals surface area contributed by atoms with Crippen LogP contribution < -0.4 is 24.3 Å². The molecule has 6 nitrogen and oxygen atoms in total. The second-order valence-electron chi connectivity index (χ2n) is 5.38. The van der Waals surface area contributed by atoms with E-state index in [-0.39, 0.29) is 5.91 Å². The molecule has 3 rings (SSSR count). The standard InChI is InChI=1S/C18H18ClNO5/c1-22-12-6-11(7-13(8-12)23-2)18(21)20-15-10-17-16(9-14(15)19)24-4-3-5-25-17/h6-10H,3-5H2,1-2H3,(H,20,21). The van der Waals surface area contributed by atoms with E-state index >= 15 is 0 Å². The zero-order valence-corrected chi connectivity index (χ0v) is 14.7. The Labute approximate surface area is 150 Å². The second kappa shape index (κ2) is 7.53. The Kier molecular flexibility index (Phi) is 5.19. The molecular formula is C18H18ClNO5. The summed E-state index contributed by atoms with van der Waals surface area (Å²) in [7, 11) is 3.05. The lowest BCUT2D eigenvalue weighted by atomic mass is 10.1. The van der Waals surface area contributed by atoms with Gasteiger partial charge in [-0.1, -0.05) is 11.6 Å². The molecule has 0 aliphatic carbocycles. The molecule has 132 valence electrons. The van der Waals surface area contributed by atoms with Crippen molar-refractivity contribution in [2.75, 3.05) is 32.8 Å². The molecule has 25 heavy (non-hydrogen) atoms.